The number of fused-ring (bicyclic) bond motifs is 1. The molecule has 8 heteroatoms. The zero-order valence-corrected chi connectivity index (χ0v) is 16.5. The molecule has 1 amide bonds. The van der Waals surface area contributed by atoms with E-state index < -0.39 is 23.9 Å². The van der Waals surface area contributed by atoms with E-state index in [1.165, 1.54) is 0 Å². The van der Waals surface area contributed by atoms with Crippen LogP contribution in [0.25, 0.3) is 0 Å². The number of ether oxygens (including phenoxy) is 1. The summed E-state index contributed by atoms with van der Waals surface area (Å²) in [5, 5.41) is 29.5. The number of hydrogen-bond acceptors (Lipinski definition) is 6. The van der Waals surface area contributed by atoms with Gasteiger partial charge in [0, 0.05) is 29.7 Å². The lowest BCUT2D eigenvalue weighted by molar-refractivity contribution is -0.151. The average molecular weight is 429 g/mol. The number of benzene rings is 1. The van der Waals surface area contributed by atoms with E-state index in [4.69, 9.17) is 9.84 Å². The van der Waals surface area contributed by atoms with Crippen molar-refractivity contribution in [2.75, 3.05) is 32.8 Å². The normalized spacial score (nSPS) is 27.0. The van der Waals surface area contributed by atoms with Crippen LogP contribution in [0, 0.1) is 0 Å². The number of aliphatic hydroxyl groups is 3. The van der Waals surface area contributed by atoms with Crippen molar-refractivity contribution < 1.29 is 24.9 Å². The molecule has 0 aliphatic carbocycles. The molecule has 0 bridgehead atoms. The van der Waals surface area contributed by atoms with Crippen LogP contribution in [0.3, 0.4) is 0 Å². The Bertz CT molecular complexity index is 684. The largest absolute Gasteiger partial charge is 0.485 e. The van der Waals surface area contributed by atoms with Gasteiger partial charge in [0.25, 0.3) is 0 Å². The second kappa shape index (κ2) is 7.44. The molecule has 0 radical (unpaired) electrons. The Balaban J connectivity index is 1.86. The first-order chi connectivity index (χ1) is 12.2. The molecule has 0 saturated carbocycles. The number of piperazine rings is 1. The smallest absolute Gasteiger partial charge is 0.237 e. The Morgan fingerprint density at radius 2 is 2.12 bits per heavy atom. The third kappa shape index (κ3) is 3.75. The zero-order chi connectivity index (χ0) is 19.1. The van der Waals surface area contributed by atoms with Crippen molar-refractivity contribution in [3.8, 4) is 5.75 Å². The second-order valence-electron chi connectivity index (χ2n) is 7.44. The van der Waals surface area contributed by atoms with Gasteiger partial charge in [-0.1, -0.05) is 15.9 Å². The summed E-state index contributed by atoms with van der Waals surface area (Å²) in [5.41, 5.74) is -0.0425. The van der Waals surface area contributed by atoms with Crippen molar-refractivity contribution >= 4 is 21.8 Å². The van der Waals surface area contributed by atoms with E-state index in [-0.39, 0.29) is 25.6 Å². The maximum atomic E-state index is 12.8. The molecule has 3 atom stereocenters. The monoisotopic (exact) mass is 428 g/mol. The van der Waals surface area contributed by atoms with E-state index in [0.717, 1.165) is 10.0 Å². The van der Waals surface area contributed by atoms with E-state index in [9.17, 15) is 15.0 Å². The number of carbonyl (C=O) groups is 1. The summed E-state index contributed by atoms with van der Waals surface area (Å²) in [4.78, 5) is 16.3. The highest BCUT2D eigenvalue weighted by molar-refractivity contribution is 9.10. The molecule has 144 valence electrons. The van der Waals surface area contributed by atoms with E-state index in [2.05, 4.69) is 15.9 Å². The van der Waals surface area contributed by atoms with Gasteiger partial charge in [-0.25, -0.2) is 0 Å². The van der Waals surface area contributed by atoms with Gasteiger partial charge in [0.1, 0.15) is 17.5 Å². The van der Waals surface area contributed by atoms with Crippen LogP contribution in [0.4, 0.5) is 0 Å². The van der Waals surface area contributed by atoms with Gasteiger partial charge in [-0.3, -0.25) is 9.69 Å². The fourth-order valence-electron chi connectivity index (χ4n) is 3.62. The van der Waals surface area contributed by atoms with Crippen molar-refractivity contribution in [1.29, 1.82) is 0 Å². The molecule has 26 heavy (non-hydrogen) atoms. The number of halogens is 1. The first-order valence-corrected chi connectivity index (χ1v) is 9.49. The van der Waals surface area contributed by atoms with Crippen LogP contribution >= 0.6 is 15.9 Å². The van der Waals surface area contributed by atoms with Crippen LogP contribution < -0.4 is 4.74 Å². The molecule has 2 heterocycles. The van der Waals surface area contributed by atoms with Gasteiger partial charge < -0.3 is 25.0 Å². The number of β-amino-alcohol motifs (C(OH)–C–C–N with tert-alkyl or cyclic N) is 1. The van der Waals surface area contributed by atoms with Crippen LogP contribution in [0.2, 0.25) is 0 Å². The van der Waals surface area contributed by atoms with E-state index >= 15 is 0 Å². The van der Waals surface area contributed by atoms with E-state index in [1.807, 2.05) is 36.9 Å². The molecule has 2 aliphatic rings. The van der Waals surface area contributed by atoms with Crippen molar-refractivity contribution in [1.82, 2.24) is 9.80 Å². The summed E-state index contributed by atoms with van der Waals surface area (Å²) in [6.45, 7) is 4.69. The quantitative estimate of drug-likeness (QED) is 0.647. The minimum Gasteiger partial charge on any atom is -0.485 e. The second-order valence-corrected chi connectivity index (χ2v) is 8.35. The number of aliphatic hydroxyl groups excluding tert-OH is 3. The molecule has 1 aromatic rings. The summed E-state index contributed by atoms with van der Waals surface area (Å²) in [7, 11) is 0. The highest BCUT2D eigenvalue weighted by atomic mass is 79.9. The Morgan fingerprint density at radius 1 is 1.38 bits per heavy atom. The van der Waals surface area contributed by atoms with Crippen LogP contribution in [0.5, 0.6) is 5.75 Å². The fraction of sp³-hybridized carbons (Fsp3) is 0.611. The molecule has 1 aromatic carbocycles. The van der Waals surface area contributed by atoms with Crippen LogP contribution in [-0.2, 0) is 4.79 Å². The standard InChI is InChI=1S/C18H25BrN2O5/c1-18(2)17(25)16(13-7-11(19)3-4-14(13)26-18)21-6-5-20(9-15(21)24)8-12(23)10-22/h3-4,7,12,16-17,22-23,25H,5-6,8-10H2,1-2H3/t12?,16-,17+/m1/s1. The van der Waals surface area contributed by atoms with Gasteiger partial charge in [0.05, 0.1) is 25.3 Å². The van der Waals surface area contributed by atoms with Crippen LogP contribution in [0.1, 0.15) is 25.5 Å². The van der Waals surface area contributed by atoms with Crippen molar-refractivity contribution in [2.45, 2.75) is 37.7 Å². The number of hydrogen-bond donors (Lipinski definition) is 3. The lowest BCUT2D eigenvalue weighted by Gasteiger charge is -2.48. The number of nitrogens with zero attached hydrogens (tertiary/aromatic N) is 2. The average Bonchev–Trinajstić information content (AvgIpc) is 2.57. The maximum Gasteiger partial charge on any atom is 0.237 e. The SMILES string of the molecule is CC1(C)Oc2ccc(Br)cc2[C@@H](N2CCN(CC(O)CO)CC2=O)[C@@H]1O. The number of carbonyl (C=O) groups excluding carboxylic acids is 1. The molecular formula is C18H25BrN2O5. The molecular weight excluding hydrogens is 404 g/mol. The maximum absolute atomic E-state index is 12.8. The van der Waals surface area contributed by atoms with Crippen molar-refractivity contribution in [2.24, 2.45) is 0 Å². The predicted molar refractivity (Wildman–Crippen MR) is 98.8 cm³/mol. The van der Waals surface area contributed by atoms with Gasteiger partial charge >= 0.3 is 0 Å². The molecule has 1 unspecified atom stereocenters. The lowest BCUT2D eigenvalue weighted by Crippen LogP contribution is -2.59. The Hall–Kier alpha value is -1.19. The number of rotatable bonds is 4. The van der Waals surface area contributed by atoms with Crippen molar-refractivity contribution in [3.05, 3.63) is 28.2 Å². The minimum atomic E-state index is -0.872. The van der Waals surface area contributed by atoms with E-state index in [0.29, 0.717) is 18.8 Å². The Kier molecular flexibility index (Phi) is 5.60. The van der Waals surface area contributed by atoms with Gasteiger partial charge in [-0.15, -0.1) is 0 Å². The molecule has 1 fully saturated rings. The van der Waals surface area contributed by atoms with E-state index in [1.54, 1.807) is 4.90 Å². The van der Waals surface area contributed by atoms with Crippen molar-refractivity contribution in [3.63, 3.8) is 0 Å². The molecule has 7 nitrogen and oxygen atoms in total. The Morgan fingerprint density at radius 3 is 2.77 bits per heavy atom. The first kappa shape index (κ1) is 19.6. The van der Waals surface area contributed by atoms with Gasteiger partial charge in [-0.2, -0.15) is 0 Å². The summed E-state index contributed by atoms with van der Waals surface area (Å²) in [6, 6.07) is 5.11. The first-order valence-electron chi connectivity index (χ1n) is 8.70. The molecule has 2 aliphatic heterocycles. The molecule has 0 aromatic heterocycles. The summed E-state index contributed by atoms with van der Waals surface area (Å²) >= 11 is 3.45. The Labute approximate surface area is 161 Å². The topological polar surface area (TPSA) is 93.5 Å². The van der Waals surface area contributed by atoms with Gasteiger partial charge in [0.2, 0.25) is 5.91 Å². The third-order valence-corrected chi connectivity index (χ3v) is 5.52. The lowest BCUT2D eigenvalue weighted by atomic mass is 9.85. The fourth-order valence-corrected chi connectivity index (χ4v) is 4.00. The highest BCUT2D eigenvalue weighted by Crippen LogP contribution is 2.44. The molecule has 3 N–H and O–H groups in total. The summed E-state index contributed by atoms with van der Waals surface area (Å²) in [5.74, 6) is 0.550. The van der Waals surface area contributed by atoms with Crippen LogP contribution in [0.15, 0.2) is 22.7 Å². The minimum absolute atomic E-state index is 0.117. The van der Waals surface area contributed by atoms with Crippen LogP contribution in [-0.4, -0.2) is 81.6 Å². The zero-order valence-electron chi connectivity index (χ0n) is 14.9. The highest BCUT2D eigenvalue weighted by Gasteiger charge is 2.47. The van der Waals surface area contributed by atoms with Gasteiger partial charge in [-0.05, 0) is 32.0 Å². The summed E-state index contributed by atoms with van der Waals surface area (Å²) < 4.78 is 6.81. The molecule has 1 saturated heterocycles. The number of amides is 1. The van der Waals surface area contributed by atoms with Gasteiger partial charge in [0.15, 0.2) is 0 Å². The molecule has 3 rings (SSSR count). The summed E-state index contributed by atoms with van der Waals surface area (Å²) in [6.07, 6.45) is -1.73. The third-order valence-electron chi connectivity index (χ3n) is 5.03. The molecule has 0 spiro atoms. The predicted octanol–water partition coefficient (Wildman–Crippen LogP) is 0.519.